The van der Waals surface area contributed by atoms with Crippen molar-refractivity contribution in [2.75, 3.05) is 11.9 Å². The van der Waals surface area contributed by atoms with Crippen molar-refractivity contribution >= 4 is 17.1 Å². The van der Waals surface area contributed by atoms with Gasteiger partial charge >= 0.3 is 5.69 Å². The summed E-state index contributed by atoms with van der Waals surface area (Å²) in [5, 5.41) is 3.29. The third-order valence-corrected chi connectivity index (χ3v) is 4.40. The van der Waals surface area contributed by atoms with Gasteiger partial charge in [-0.1, -0.05) is 0 Å². The summed E-state index contributed by atoms with van der Waals surface area (Å²) in [4.78, 5) is 31.3. The number of imidazole rings is 1. The van der Waals surface area contributed by atoms with Crippen molar-refractivity contribution in [3.63, 3.8) is 0 Å². The molecule has 3 rings (SSSR count). The van der Waals surface area contributed by atoms with Gasteiger partial charge in [0, 0.05) is 20.6 Å². The zero-order valence-electron chi connectivity index (χ0n) is 12.4. The number of anilines is 1. The van der Waals surface area contributed by atoms with E-state index >= 15 is 0 Å². The number of fused-ring (bicyclic) bond motifs is 1. The van der Waals surface area contributed by atoms with Gasteiger partial charge < -0.3 is 16.0 Å². The van der Waals surface area contributed by atoms with Crippen molar-refractivity contribution in [3.05, 3.63) is 20.8 Å². The van der Waals surface area contributed by atoms with Gasteiger partial charge in [-0.25, -0.2) is 4.79 Å². The standard InChI is InChI=1S/C13H20N6O2/c1-13(6-14,7-4-5-7)17-11-15-8-9(16-11)18(2)12(21)19(3)10(8)20/h7H,4-6,14H2,1-3H3,(H2,15,16,17). The Morgan fingerprint density at radius 1 is 1.38 bits per heavy atom. The van der Waals surface area contributed by atoms with E-state index in [-0.39, 0.29) is 11.1 Å². The van der Waals surface area contributed by atoms with Crippen molar-refractivity contribution in [2.24, 2.45) is 25.7 Å². The van der Waals surface area contributed by atoms with E-state index in [2.05, 4.69) is 22.2 Å². The first-order valence-electron chi connectivity index (χ1n) is 7.01. The summed E-state index contributed by atoms with van der Waals surface area (Å²) < 4.78 is 2.42. The summed E-state index contributed by atoms with van der Waals surface area (Å²) in [5.41, 5.74) is 5.51. The lowest BCUT2D eigenvalue weighted by Crippen LogP contribution is -2.45. The van der Waals surface area contributed by atoms with Crippen molar-refractivity contribution < 1.29 is 0 Å². The molecule has 1 atom stereocenters. The van der Waals surface area contributed by atoms with E-state index in [1.54, 1.807) is 7.05 Å². The molecule has 1 aliphatic carbocycles. The van der Waals surface area contributed by atoms with Crippen molar-refractivity contribution in [1.82, 2.24) is 19.1 Å². The number of aromatic amines is 1. The molecule has 0 saturated heterocycles. The molecule has 0 aliphatic heterocycles. The largest absolute Gasteiger partial charge is 0.349 e. The predicted octanol–water partition coefficient (Wildman–Crippen LogP) is -0.500. The Labute approximate surface area is 121 Å². The van der Waals surface area contributed by atoms with E-state index in [0.29, 0.717) is 29.6 Å². The lowest BCUT2D eigenvalue weighted by molar-refractivity contribution is 0.456. The number of nitrogens with one attached hydrogen (secondary N) is 2. The molecule has 0 bridgehead atoms. The highest BCUT2D eigenvalue weighted by molar-refractivity contribution is 5.72. The number of aryl methyl sites for hydroxylation is 1. The fourth-order valence-electron chi connectivity index (χ4n) is 2.70. The lowest BCUT2D eigenvalue weighted by Gasteiger charge is -2.29. The van der Waals surface area contributed by atoms with Crippen LogP contribution in [-0.4, -0.2) is 31.2 Å². The lowest BCUT2D eigenvalue weighted by atomic mass is 9.96. The maximum Gasteiger partial charge on any atom is 0.332 e. The number of rotatable bonds is 4. The van der Waals surface area contributed by atoms with Gasteiger partial charge in [-0.3, -0.25) is 13.9 Å². The highest BCUT2D eigenvalue weighted by Crippen LogP contribution is 2.40. The average Bonchev–Trinajstić information content (AvgIpc) is 3.25. The molecule has 4 N–H and O–H groups in total. The van der Waals surface area contributed by atoms with Crippen LogP contribution in [0.25, 0.3) is 11.2 Å². The van der Waals surface area contributed by atoms with E-state index in [1.165, 1.54) is 11.6 Å². The Morgan fingerprint density at radius 3 is 2.62 bits per heavy atom. The molecular weight excluding hydrogens is 272 g/mol. The fourth-order valence-corrected chi connectivity index (χ4v) is 2.70. The van der Waals surface area contributed by atoms with Crippen LogP contribution in [0.1, 0.15) is 19.8 Å². The number of aromatic nitrogens is 4. The summed E-state index contributed by atoms with van der Waals surface area (Å²) >= 11 is 0. The first kappa shape index (κ1) is 13.9. The smallest absolute Gasteiger partial charge is 0.332 e. The van der Waals surface area contributed by atoms with Crippen LogP contribution in [0.4, 0.5) is 5.95 Å². The molecule has 8 nitrogen and oxygen atoms in total. The molecule has 8 heteroatoms. The van der Waals surface area contributed by atoms with Crippen LogP contribution >= 0.6 is 0 Å². The summed E-state index contributed by atoms with van der Waals surface area (Å²) in [7, 11) is 3.05. The van der Waals surface area contributed by atoms with Crippen LogP contribution in [0.5, 0.6) is 0 Å². The molecule has 1 saturated carbocycles. The Kier molecular flexibility index (Phi) is 2.94. The fraction of sp³-hybridized carbons (Fsp3) is 0.615. The zero-order chi connectivity index (χ0) is 15.4. The molecule has 2 aromatic rings. The van der Waals surface area contributed by atoms with Crippen molar-refractivity contribution in [3.8, 4) is 0 Å². The Morgan fingerprint density at radius 2 is 2.05 bits per heavy atom. The Hall–Kier alpha value is -2.09. The second-order valence-corrected chi connectivity index (χ2v) is 6.01. The van der Waals surface area contributed by atoms with Crippen LogP contribution in [0.15, 0.2) is 9.59 Å². The minimum absolute atomic E-state index is 0.252. The average molecular weight is 292 g/mol. The Bertz CT molecular complexity index is 812. The molecule has 0 amide bonds. The van der Waals surface area contributed by atoms with Gasteiger partial charge in [-0.2, -0.15) is 4.98 Å². The molecule has 1 unspecified atom stereocenters. The summed E-state index contributed by atoms with van der Waals surface area (Å²) in [6, 6.07) is 0. The van der Waals surface area contributed by atoms with Gasteiger partial charge in [-0.05, 0) is 25.7 Å². The predicted molar refractivity (Wildman–Crippen MR) is 80.4 cm³/mol. The maximum atomic E-state index is 12.1. The molecule has 114 valence electrons. The van der Waals surface area contributed by atoms with Crippen LogP contribution in [0.3, 0.4) is 0 Å². The first-order valence-corrected chi connectivity index (χ1v) is 7.01. The maximum absolute atomic E-state index is 12.1. The molecule has 2 aromatic heterocycles. The SMILES string of the molecule is Cn1c(=O)c2[nH]c(NC(C)(CN)C3CC3)nc2n(C)c1=O. The molecule has 0 spiro atoms. The number of nitrogens with zero attached hydrogens (tertiary/aromatic N) is 3. The van der Waals surface area contributed by atoms with Crippen LogP contribution in [0, 0.1) is 5.92 Å². The highest BCUT2D eigenvalue weighted by Gasteiger charge is 2.41. The van der Waals surface area contributed by atoms with Crippen molar-refractivity contribution in [2.45, 2.75) is 25.3 Å². The monoisotopic (exact) mass is 292 g/mol. The number of H-pyrrole nitrogens is 1. The zero-order valence-corrected chi connectivity index (χ0v) is 12.4. The minimum atomic E-state index is -0.394. The van der Waals surface area contributed by atoms with Gasteiger partial charge in [0.2, 0.25) is 5.95 Å². The summed E-state index contributed by atoms with van der Waals surface area (Å²) in [5.74, 6) is 0.991. The molecule has 1 aliphatic rings. The minimum Gasteiger partial charge on any atom is -0.349 e. The van der Waals surface area contributed by atoms with E-state index in [9.17, 15) is 9.59 Å². The molecule has 21 heavy (non-hydrogen) atoms. The van der Waals surface area contributed by atoms with E-state index < -0.39 is 5.69 Å². The first-order chi connectivity index (χ1) is 9.87. The van der Waals surface area contributed by atoms with E-state index in [0.717, 1.165) is 17.4 Å². The number of hydrogen-bond donors (Lipinski definition) is 3. The summed E-state index contributed by atoms with van der Waals surface area (Å²) in [6.45, 7) is 2.53. The third-order valence-electron chi connectivity index (χ3n) is 4.40. The van der Waals surface area contributed by atoms with E-state index in [4.69, 9.17) is 5.73 Å². The third kappa shape index (κ3) is 2.06. The molecule has 2 heterocycles. The van der Waals surface area contributed by atoms with E-state index in [1.807, 2.05) is 0 Å². The number of nitrogens with two attached hydrogens (primary N) is 1. The number of hydrogen-bond acceptors (Lipinski definition) is 5. The summed E-state index contributed by atoms with van der Waals surface area (Å²) in [6.07, 6.45) is 2.28. The Balaban J connectivity index is 2.10. The van der Waals surface area contributed by atoms with Gasteiger partial charge in [0.15, 0.2) is 11.2 Å². The quantitative estimate of drug-likeness (QED) is 0.703. The van der Waals surface area contributed by atoms with Gasteiger partial charge in [0.1, 0.15) is 0 Å². The van der Waals surface area contributed by atoms with Gasteiger partial charge in [0.25, 0.3) is 5.56 Å². The van der Waals surface area contributed by atoms with Crippen LogP contribution in [0.2, 0.25) is 0 Å². The molecule has 0 radical (unpaired) electrons. The van der Waals surface area contributed by atoms with Crippen LogP contribution < -0.4 is 22.3 Å². The van der Waals surface area contributed by atoms with Crippen molar-refractivity contribution in [1.29, 1.82) is 0 Å². The molecular formula is C13H20N6O2. The molecule has 0 aromatic carbocycles. The topological polar surface area (TPSA) is 111 Å². The van der Waals surface area contributed by atoms with Crippen LogP contribution in [-0.2, 0) is 14.1 Å². The van der Waals surface area contributed by atoms with Gasteiger partial charge in [-0.15, -0.1) is 0 Å². The second-order valence-electron chi connectivity index (χ2n) is 6.01. The molecule has 1 fully saturated rings. The normalized spacial score (nSPS) is 17.9. The second kappa shape index (κ2) is 4.45. The highest BCUT2D eigenvalue weighted by atomic mass is 16.2. The van der Waals surface area contributed by atoms with Gasteiger partial charge in [0.05, 0.1) is 5.54 Å².